The summed E-state index contributed by atoms with van der Waals surface area (Å²) < 4.78 is 26.6. The second-order valence-corrected chi connectivity index (χ2v) is 7.10. The lowest BCUT2D eigenvalue weighted by molar-refractivity contribution is 0.393. The van der Waals surface area contributed by atoms with E-state index in [0.717, 1.165) is 6.42 Å². The largest absolute Gasteiger partial charge is 0.243 e. The first kappa shape index (κ1) is 14.7. The molecule has 5 heteroatoms. The number of hydrogen-bond donors (Lipinski definition) is 0. The van der Waals surface area contributed by atoms with Crippen molar-refractivity contribution in [1.29, 1.82) is 0 Å². The van der Waals surface area contributed by atoms with Gasteiger partial charge in [-0.1, -0.05) is 32.4 Å². The Labute approximate surface area is 112 Å². The van der Waals surface area contributed by atoms with E-state index in [9.17, 15) is 8.42 Å². The van der Waals surface area contributed by atoms with Gasteiger partial charge in [-0.3, -0.25) is 0 Å². The molecule has 0 fully saturated rings. The minimum Gasteiger partial charge on any atom is -0.207 e. The van der Waals surface area contributed by atoms with E-state index in [1.165, 1.54) is 4.31 Å². The average molecular weight is 320 g/mol. The van der Waals surface area contributed by atoms with Gasteiger partial charge in [-0.05, 0) is 34.0 Å². The molecule has 0 amide bonds. The molecule has 96 valence electrons. The molecular weight excluding hydrogens is 302 g/mol. The quantitative estimate of drug-likeness (QED) is 0.836. The monoisotopic (exact) mass is 319 g/mol. The van der Waals surface area contributed by atoms with Crippen LogP contribution in [0.5, 0.6) is 0 Å². The summed E-state index contributed by atoms with van der Waals surface area (Å²) in [6.07, 6.45) is 0.968. The van der Waals surface area contributed by atoms with Crippen LogP contribution in [0.2, 0.25) is 0 Å². The summed E-state index contributed by atoms with van der Waals surface area (Å²) >= 11 is 3.28. The Morgan fingerprint density at radius 3 is 2.47 bits per heavy atom. The molecule has 0 bridgehead atoms. The summed E-state index contributed by atoms with van der Waals surface area (Å²) in [6, 6.07) is 6.89. The number of sulfonamides is 1. The van der Waals surface area contributed by atoms with Crippen LogP contribution in [0.1, 0.15) is 20.3 Å². The maximum Gasteiger partial charge on any atom is 0.243 e. The highest BCUT2D eigenvalue weighted by Gasteiger charge is 2.23. The molecule has 0 spiro atoms. The Bertz CT molecular complexity index is 473. The molecule has 1 rings (SSSR count). The van der Waals surface area contributed by atoms with E-state index in [1.54, 1.807) is 31.3 Å². The van der Waals surface area contributed by atoms with E-state index in [0.29, 0.717) is 21.8 Å². The number of hydrogen-bond acceptors (Lipinski definition) is 2. The van der Waals surface area contributed by atoms with Gasteiger partial charge in [0.1, 0.15) is 0 Å². The van der Waals surface area contributed by atoms with Crippen molar-refractivity contribution in [3.8, 4) is 0 Å². The van der Waals surface area contributed by atoms with Crippen LogP contribution in [0.4, 0.5) is 0 Å². The summed E-state index contributed by atoms with van der Waals surface area (Å²) in [6.45, 7) is 4.65. The van der Waals surface area contributed by atoms with Gasteiger partial charge in [-0.15, -0.1) is 0 Å². The van der Waals surface area contributed by atoms with Crippen molar-refractivity contribution in [2.75, 3.05) is 13.6 Å². The van der Waals surface area contributed by atoms with E-state index in [2.05, 4.69) is 22.9 Å². The van der Waals surface area contributed by atoms with E-state index in [4.69, 9.17) is 0 Å². The Morgan fingerprint density at radius 2 is 1.94 bits per heavy atom. The third-order valence-electron chi connectivity index (χ3n) is 2.79. The molecule has 0 aliphatic rings. The second kappa shape index (κ2) is 5.98. The lowest BCUT2D eigenvalue weighted by Gasteiger charge is -2.21. The fourth-order valence-electron chi connectivity index (χ4n) is 1.49. The maximum absolute atomic E-state index is 12.3. The van der Waals surface area contributed by atoms with Crippen LogP contribution in [-0.4, -0.2) is 26.3 Å². The Balaban J connectivity index is 3.00. The van der Waals surface area contributed by atoms with Gasteiger partial charge in [0.15, 0.2) is 0 Å². The molecule has 0 aromatic heterocycles. The van der Waals surface area contributed by atoms with Gasteiger partial charge in [-0.2, -0.15) is 0 Å². The topological polar surface area (TPSA) is 37.4 Å². The first-order valence-corrected chi connectivity index (χ1v) is 7.83. The van der Waals surface area contributed by atoms with Crippen LogP contribution in [0.25, 0.3) is 0 Å². The van der Waals surface area contributed by atoms with Gasteiger partial charge in [0.05, 0.1) is 4.90 Å². The van der Waals surface area contributed by atoms with Gasteiger partial charge in [0.25, 0.3) is 0 Å². The van der Waals surface area contributed by atoms with Crippen molar-refractivity contribution < 1.29 is 8.42 Å². The molecule has 0 radical (unpaired) electrons. The highest BCUT2D eigenvalue weighted by atomic mass is 79.9. The van der Waals surface area contributed by atoms with Crippen molar-refractivity contribution >= 4 is 26.0 Å². The van der Waals surface area contributed by atoms with Crippen LogP contribution in [0.3, 0.4) is 0 Å². The third-order valence-corrected chi connectivity index (χ3v) is 5.63. The minimum absolute atomic E-state index is 0.325. The van der Waals surface area contributed by atoms with Crippen molar-refractivity contribution in [1.82, 2.24) is 4.31 Å². The summed E-state index contributed by atoms with van der Waals surface area (Å²) in [4.78, 5) is 0.325. The molecular formula is C12H18BrNO2S. The van der Waals surface area contributed by atoms with Crippen LogP contribution >= 0.6 is 15.9 Å². The Morgan fingerprint density at radius 1 is 1.35 bits per heavy atom. The number of halogens is 1. The third kappa shape index (κ3) is 3.53. The fraction of sp³-hybridized carbons (Fsp3) is 0.500. The van der Waals surface area contributed by atoms with Crippen LogP contribution in [0.15, 0.2) is 33.6 Å². The molecule has 0 saturated carbocycles. The van der Waals surface area contributed by atoms with Crippen LogP contribution in [-0.2, 0) is 10.0 Å². The maximum atomic E-state index is 12.3. The molecule has 1 unspecified atom stereocenters. The van der Waals surface area contributed by atoms with E-state index in [1.807, 2.05) is 6.92 Å². The SMILES string of the molecule is CCC(C)CN(C)S(=O)(=O)c1ccccc1Br. The molecule has 0 heterocycles. The smallest absolute Gasteiger partial charge is 0.207 e. The predicted molar refractivity (Wildman–Crippen MR) is 73.4 cm³/mol. The molecule has 0 aliphatic heterocycles. The molecule has 1 aromatic rings. The first-order valence-electron chi connectivity index (χ1n) is 5.60. The number of benzene rings is 1. The van der Waals surface area contributed by atoms with Crippen molar-refractivity contribution in [2.45, 2.75) is 25.2 Å². The standard InChI is InChI=1S/C12H18BrNO2S/c1-4-10(2)9-14(3)17(15,16)12-8-6-5-7-11(12)13/h5-8,10H,4,9H2,1-3H3. The molecule has 3 nitrogen and oxygen atoms in total. The zero-order valence-corrected chi connectivity index (χ0v) is 12.8. The Kier molecular flexibility index (Phi) is 5.16. The zero-order chi connectivity index (χ0) is 13.1. The minimum atomic E-state index is -3.39. The lowest BCUT2D eigenvalue weighted by atomic mass is 10.1. The molecule has 0 aliphatic carbocycles. The van der Waals surface area contributed by atoms with E-state index in [-0.39, 0.29) is 0 Å². The van der Waals surface area contributed by atoms with Gasteiger partial charge in [0, 0.05) is 18.1 Å². The van der Waals surface area contributed by atoms with Crippen LogP contribution in [0, 0.1) is 5.92 Å². The van der Waals surface area contributed by atoms with Crippen molar-refractivity contribution in [3.63, 3.8) is 0 Å². The average Bonchev–Trinajstić information content (AvgIpc) is 2.29. The van der Waals surface area contributed by atoms with Gasteiger partial charge < -0.3 is 0 Å². The summed E-state index contributed by atoms with van der Waals surface area (Å²) in [7, 11) is -1.76. The van der Waals surface area contributed by atoms with E-state index < -0.39 is 10.0 Å². The van der Waals surface area contributed by atoms with Crippen molar-refractivity contribution in [3.05, 3.63) is 28.7 Å². The summed E-state index contributed by atoms with van der Waals surface area (Å²) in [5.74, 6) is 0.359. The predicted octanol–water partition coefficient (Wildman–Crippen LogP) is 3.12. The summed E-state index contributed by atoms with van der Waals surface area (Å²) in [5.41, 5.74) is 0. The normalized spacial score (nSPS) is 13.9. The lowest BCUT2D eigenvalue weighted by Crippen LogP contribution is -2.31. The summed E-state index contributed by atoms with van der Waals surface area (Å²) in [5, 5.41) is 0. The zero-order valence-electron chi connectivity index (χ0n) is 10.4. The van der Waals surface area contributed by atoms with E-state index >= 15 is 0 Å². The fourth-order valence-corrected chi connectivity index (χ4v) is 3.74. The second-order valence-electron chi connectivity index (χ2n) is 4.23. The molecule has 17 heavy (non-hydrogen) atoms. The number of rotatable bonds is 5. The highest BCUT2D eigenvalue weighted by molar-refractivity contribution is 9.10. The number of nitrogens with zero attached hydrogens (tertiary/aromatic N) is 1. The van der Waals surface area contributed by atoms with Gasteiger partial charge >= 0.3 is 0 Å². The first-order chi connectivity index (χ1) is 7.89. The van der Waals surface area contributed by atoms with Crippen LogP contribution < -0.4 is 0 Å². The molecule has 1 atom stereocenters. The molecule has 0 saturated heterocycles. The van der Waals surface area contributed by atoms with Gasteiger partial charge in [-0.25, -0.2) is 12.7 Å². The Hall–Kier alpha value is -0.390. The molecule has 0 N–H and O–H groups in total. The molecule has 1 aromatic carbocycles. The van der Waals surface area contributed by atoms with Crippen molar-refractivity contribution in [2.24, 2.45) is 5.92 Å². The van der Waals surface area contributed by atoms with Gasteiger partial charge in [0.2, 0.25) is 10.0 Å². The highest BCUT2D eigenvalue weighted by Crippen LogP contribution is 2.24.